The Balaban J connectivity index is 0.000000640. The van der Waals surface area contributed by atoms with Gasteiger partial charge in [-0.05, 0) is 46.9 Å². The van der Waals surface area contributed by atoms with Crippen molar-refractivity contribution in [2.45, 2.75) is 33.1 Å². The number of fused-ring (bicyclic) bond motifs is 2. The third-order valence-electron chi connectivity index (χ3n) is 3.43. The Morgan fingerprint density at radius 2 is 1.73 bits per heavy atom. The molecule has 0 N–H and O–H groups in total. The molecule has 74 valence electrons. The van der Waals surface area contributed by atoms with Crippen molar-refractivity contribution < 1.29 is 20.3 Å². The Hall–Kier alpha value is -0.443. The van der Waals surface area contributed by atoms with Crippen molar-refractivity contribution in [3.63, 3.8) is 0 Å². The molecule has 0 spiro atoms. The molecule has 0 aliphatic heterocycles. The van der Waals surface area contributed by atoms with Crippen LogP contribution in [-0.4, -0.2) is 0 Å². The van der Waals surface area contributed by atoms with Crippen LogP contribution < -0.4 is 18.9 Å². The molecule has 0 nitrogen and oxygen atoms in total. The molecule has 0 amide bonds. The quantitative estimate of drug-likeness (QED) is 0.525. The van der Waals surface area contributed by atoms with Crippen LogP contribution in [0.3, 0.4) is 0 Å². The molecule has 1 aromatic rings. The maximum atomic E-state index is 2.43. The maximum Gasteiger partial charge on any atom is 1.00 e. The molecular weight excluding hydrogens is 175 g/mol. The van der Waals surface area contributed by atoms with E-state index in [1.807, 2.05) is 0 Å². The predicted molar refractivity (Wildman–Crippen MR) is 61.5 cm³/mol. The summed E-state index contributed by atoms with van der Waals surface area (Å²) in [6.45, 7) is 4.74. The summed E-state index contributed by atoms with van der Waals surface area (Å²) in [4.78, 5) is 0. The van der Waals surface area contributed by atoms with E-state index in [4.69, 9.17) is 0 Å². The molecule has 15 heavy (non-hydrogen) atoms. The van der Waals surface area contributed by atoms with Crippen molar-refractivity contribution in [1.82, 2.24) is 0 Å². The van der Waals surface area contributed by atoms with Gasteiger partial charge in [0, 0.05) is 0 Å². The monoisotopic (exact) mass is 192 g/mol. The van der Waals surface area contributed by atoms with E-state index in [-0.39, 0.29) is 20.3 Å². The van der Waals surface area contributed by atoms with Crippen LogP contribution in [0.2, 0.25) is 0 Å². The van der Waals surface area contributed by atoms with Crippen LogP contribution in [0.5, 0.6) is 0 Å². The Morgan fingerprint density at radius 3 is 2.47 bits per heavy atom. The summed E-state index contributed by atoms with van der Waals surface area (Å²) >= 11 is 0. The van der Waals surface area contributed by atoms with Crippen molar-refractivity contribution in [3.8, 4) is 0 Å². The first kappa shape index (κ1) is 11.1. The molecule has 0 aromatic heterocycles. The summed E-state index contributed by atoms with van der Waals surface area (Å²) in [5.41, 5.74) is 6.65. The van der Waals surface area contributed by atoms with Crippen LogP contribution in [0.1, 0.15) is 37.5 Å². The zero-order valence-corrected chi connectivity index (χ0v) is 9.93. The molecule has 1 aromatic carbocycles. The van der Waals surface area contributed by atoms with Crippen molar-refractivity contribution in [3.05, 3.63) is 40.5 Å². The number of benzene rings is 1. The SMILES string of the molecule is CC1(C)Cc2cc3c(cc2C1)CC=C3.[H-].[Li+]. The number of allylic oxidation sites excluding steroid dienone is 1. The van der Waals surface area contributed by atoms with Gasteiger partial charge < -0.3 is 1.43 Å². The second-order valence-electron chi connectivity index (χ2n) is 5.44. The Kier molecular flexibility index (Phi) is 2.61. The first-order chi connectivity index (χ1) is 6.64. The summed E-state index contributed by atoms with van der Waals surface area (Å²) < 4.78 is 0. The van der Waals surface area contributed by atoms with Crippen molar-refractivity contribution in [1.29, 1.82) is 0 Å². The molecule has 1 heteroatoms. The van der Waals surface area contributed by atoms with Gasteiger partial charge in [-0.1, -0.05) is 38.1 Å². The van der Waals surface area contributed by atoms with Gasteiger partial charge in [0.05, 0.1) is 0 Å². The average molecular weight is 192 g/mol. The maximum absolute atomic E-state index is 2.43. The molecule has 2 aliphatic rings. The standard InChI is InChI=1S/C14H16.Li.H/c1-14(2)8-12-6-10-4-3-5-11(10)7-13(12)9-14;;/h3-4,6-7H,5,8-9H2,1-2H3;;/q;+1;-1. The van der Waals surface area contributed by atoms with Gasteiger partial charge in [0.2, 0.25) is 0 Å². The van der Waals surface area contributed by atoms with E-state index in [9.17, 15) is 0 Å². The van der Waals surface area contributed by atoms with E-state index in [0.29, 0.717) is 5.41 Å². The normalized spacial score (nSPS) is 19.6. The topological polar surface area (TPSA) is 0 Å². The average Bonchev–Trinajstić information content (AvgIpc) is 2.59. The van der Waals surface area contributed by atoms with Gasteiger partial charge in [-0.3, -0.25) is 0 Å². The third-order valence-corrected chi connectivity index (χ3v) is 3.43. The summed E-state index contributed by atoms with van der Waals surface area (Å²) in [6.07, 6.45) is 8.19. The van der Waals surface area contributed by atoms with Crippen LogP contribution in [0.15, 0.2) is 18.2 Å². The molecule has 3 rings (SSSR count). The van der Waals surface area contributed by atoms with E-state index in [1.54, 1.807) is 11.1 Å². The van der Waals surface area contributed by atoms with E-state index < -0.39 is 0 Å². The summed E-state index contributed by atoms with van der Waals surface area (Å²) in [5, 5.41) is 0. The molecular formula is C14H17Li. The van der Waals surface area contributed by atoms with Gasteiger partial charge in [0.25, 0.3) is 0 Å². The van der Waals surface area contributed by atoms with E-state index in [0.717, 1.165) is 6.42 Å². The van der Waals surface area contributed by atoms with Crippen LogP contribution in [0.4, 0.5) is 0 Å². The summed E-state index contributed by atoms with van der Waals surface area (Å²) in [5.74, 6) is 0. The summed E-state index contributed by atoms with van der Waals surface area (Å²) in [7, 11) is 0. The van der Waals surface area contributed by atoms with Gasteiger partial charge in [0.15, 0.2) is 0 Å². The Bertz CT molecular complexity index is 433. The fourth-order valence-corrected chi connectivity index (χ4v) is 2.83. The molecule has 2 aliphatic carbocycles. The molecule has 0 atom stereocenters. The molecule has 0 heterocycles. The molecule has 0 fully saturated rings. The zero-order valence-electron chi connectivity index (χ0n) is 10.9. The Labute approximate surface area is 105 Å². The second kappa shape index (κ2) is 3.54. The van der Waals surface area contributed by atoms with E-state index in [2.05, 4.69) is 38.1 Å². The van der Waals surface area contributed by atoms with Crippen molar-refractivity contribution in [2.75, 3.05) is 0 Å². The zero-order chi connectivity index (χ0) is 9.76. The first-order valence-corrected chi connectivity index (χ1v) is 5.45. The fraction of sp³-hybridized carbons (Fsp3) is 0.429. The van der Waals surface area contributed by atoms with Gasteiger partial charge in [0.1, 0.15) is 0 Å². The van der Waals surface area contributed by atoms with Crippen LogP contribution >= 0.6 is 0 Å². The molecule has 0 saturated heterocycles. The number of hydrogen-bond acceptors (Lipinski definition) is 0. The first-order valence-electron chi connectivity index (χ1n) is 5.45. The van der Waals surface area contributed by atoms with Gasteiger partial charge in [-0.2, -0.15) is 0 Å². The van der Waals surface area contributed by atoms with E-state index >= 15 is 0 Å². The smallest absolute Gasteiger partial charge is 1.00 e. The minimum absolute atomic E-state index is 0. The van der Waals surface area contributed by atoms with Gasteiger partial charge in [-0.15, -0.1) is 0 Å². The van der Waals surface area contributed by atoms with Crippen molar-refractivity contribution >= 4 is 6.08 Å². The molecule has 0 bridgehead atoms. The Morgan fingerprint density at radius 1 is 1.07 bits per heavy atom. The van der Waals surface area contributed by atoms with Crippen LogP contribution in [0.25, 0.3) is 6.08 Å². The van der Waals surface area contributed by atoms with E-state index in [1.165, 1.54) is 24.0 Å². The number of hydrogen-bond donors (Lipinski definition) is 0. The van der Waals surface area contributed by atoms with Crippen LogP contribution in [0, 0.1) is 5.41 Å². The largest absolute Gasteiger partial charge is 1.00 e. The third kappa shape index (κ3) is 1.82. The molecule has 0 saturated carbocycles. The number of rotatable bonds is 0. The minimum Gasteiger partial charge on any atom is -1.00 e. The molecule has 0 radical (unpaired) electrons. The molecule has 0 unspecified atom stereocenters. The minimum atomic E-state index is 0. The second-order valence-corrected chi connectivity index (χ2v) is 5.44. The fourth-order valence-electron chi connectivity index (χ4n) is 2.83. The van der Waals surface area contributed by atoms with Gasteiger partial charge in [-0.25, -0.2) is 0 Å². The summed E-state index contributed by atoms with van der Waals surface area (Å²) in [6, 6.07) is 4.84. The van der Waals surface area contributed by atoms with Crippen molar-refractivity contribution in [2.24, 2.45) is 5.41 Å². The van der Waals surface area contributed by atoms with Gasteiger partial charge >= 0.3 is 18.9 Å². The predicted octanol–water partition coefficient (Wildman–Crippen LogP) is 0.497. The van der Waals surface area contributed by atoms with Crippen LogP contribution in [-0.2, 0) is 19.3 Å².